The molecular weight excluding hydrogens is 216 g/mol. The Bertz CT molecular complexity index is 533. The van der Waals surface area contributed by atoms with Gasteiger partial charge in [-0.2, -0.15) is 5.10 Å². The van der Waals surface area contributed by atoms with E-state index in [1.54, 1.807) is 10.9 Å². The van der Waals surface area contributed by atoms with Crippen LogP contribution in [0.1, 0.15) is 0 Å². The summed E-state index contributed by atoms with van der Waals surface area (Å²) in [5.41, 5.74) is 8.00. The van der Waals surface area contributed by atoms with Crippen LogP contribution in [0, 0.1) is 0 Å². The van der Waals surface area contributed by atoms with Crippen molar-refractivity contribution in [3.63, 3.8) is 0 Å². The Morgan fingerprint density at radius 1 is 1.47 bits per heavy atom. The van der Waals surface area contributed by atoms with E-state index < -0.39 is 0 Å². The number of amides is 1. The highest BCUT2D eigenvalue weighted by Crippen LogP contribution is 2.21. The Morgan fingerprint density at radius 3 is 2.94 bits per heavy atom. The summed E-state index contributed by atoms with van der Waals surface area (Å²) in [5, 5.41) is 6.83. The maximum Gasteiger partial charge on any atom is 0.238 e. The first-order valence-corrected chi connectivity index (χ1v) is 5.28. The normalized spacial score (nSPS) is 10.2. The Balaban J connectivity index is 2.25. The zero-order chi connectivity index (χ0) is 12.3. The summed E-state index contributed by atoms with van der Waals surface area (Å²) in [6.07, 6.45) is 3.70. The van der Waals surface area contributed by atoms with Crippen LogP contribution in [0.15, 0.2) is 36.7 Å². The molecule has 3 N–H and O–H groups in total. The van der Waals surface area contributed by atoms with Gasteiger partial charge in [-0.15, -0.1) is 0 Å². The monoisotopic (exact) mass is 230 g/mol. The number of rotatable bonds is 3. The molecule has 0 aliphatic heterocycles. The van der Waals surface area contributed by atoms with Gasteiger partial charge in [0.25, 0.3) is 0 Å². The van der Waals surface area contributed by atoms with E-state index in [2.05, 4.69) is 10.4 Å². The number of nitrogens with two attached hydrogens (primary N) is 1. The first kappa shape index (κ1) is 11.3. The van der Waals surface area contributed by atoms with E-state index in [-0.39, 0.29) is 12.5 Å². The molecule has 1 aromatic heterocycles. The molecule has 5 heteroatoms. The van der Waals surface area contributed by atoms with Crippen molar-refractivity contribution in [2.45, 2.75) is 0 Å². The summed E-state index contributed by atoms with van der Waals surface area (Å²) >= 11 is 0. The van der Waals surface area contributed by atoms with E-state index >= 15 is 0 Å². The summed E-state index contributed by atoms with van der Waals surface area (Å²) in [6, 6.07) is 7.57. The molecule has 0 unspecified atom stereocenters. The van der Waals surface area contributed by atoms with Crippen LogP contribution in [-0.4, -0.2) is 22.2 Å². The first-order chi connectivity index (χ1) is 8.19. The third-order valence-corrected chi connectivity index (χ3v) is 2.37. The van der Waals surface area contributed by atoms with Gasteiger partial charge in [0.2, 0.25) is 5.91 Å². The van der Waals surface area contributed by atoms with Crippen molar-refractivity contribution in [3.05, 3.63) is 36.7 Å². The van der Waals surface area contributed by atoms with E-state index in [1.807, 2.05) is 37.5 Å². The molecule has 5 nitrogen and oxygen atoms in total. The summed E-state index contributed by atoms with van der Waals surface area (Å²) in [7, 11) is 1.86. The zero-order valence-electron chi connectivity index (χ0n) is 9.55. The number of nitrogens with one attached hydrogen (secondary N) is 1. The van der Waals surface area contributed by atoms with Gasteiger partial charge in [0.15, 0.2) is 0 Å². The predicted molar refractivity (Wildman–Crippen MR) is 66.3 cm³/mol. The van der Waals surface area contributed by atoms with Crippen LogP contribution in [0.25, 0.3) is 11.1 Å². The molecule has 0 aliphatic carbocycles. The summed E-state index contributed by atoms with van der Waals surface area (Å²) < 4.78 is 1.74. The lowest BCUT2D eigenvalue weighted by Gasteiger charge is -2.05. The van der Waals surface area contributed by atoms with Gasteiger partial charge in [-0.1, -0.05) is 12.1 Å². The van der Waals surface area contributed by atoms with E-state index in [4.69, 9.17) is 5.73 Å². The lowest BCUT2D eigenvalue weighted by atomic mass is 10.1. The maximum atomic E-state index is 11.2. The number of aromatic nitrogens is 2. The molecule has 2 aromatic rings. The molecule has 1 aromatic carbocycles. The number of hydrogen-bond acceptors (Lipinski definition) is 3. The number of benzene rings is 1. The molecule has 0 saturated heterocycles. The van der Waals surface area contributed by atoms with Crippen LogP contribution in [0.4, 0.5) is 5.69 Å². The van der Waals surface area contributed by atoms with Crippen LogP contribution >= 0.6 is 0 Å². The first-order valence-electron chi connectivity index (χ1n) is 5.28. The van der Waals surface area contributed by atoms with Crippen LogP contribution in [-0.2, 0) is 11.8 Å². The second kappa shape index (κ2) is 4.80. The van der Waals surface area contributed by atoms with E-state index in [1.165, 1.54) is 0 Å². The van der Waals surface area contributed by atoms with Crippen molar-refractivity contribution in [3.8, 4) is 11.1 Å². The fourth-order valence-electron chi connectivity index (χ4n) is 1.56. The predicted octanol–water partition coefficient (Wildman–Crippen LogP) is 0.984. The van der Waals surface area contributed by atoms with Crippen molar-refractivity contribution in [2.24, 2.45) is 12.8 Å². The SMILES string of the molecule is Cn1cc(-c2cccc(NC(=O)CN)c2)cn1. The van der Waals surface area contributed by atoms with Crippen molar-refractivity contribution in [1.29, 1.82) is 0 Å². The van der Waals surface area contributed by atoms with Crippen LogP contribution < -0.4 is 11.1 Å². The molecule has 1 amide bonds. The molecule has 0 atom stereocenters. The van der Waals surface area contributed by atoms with Crippen molar-refractivity contribution < 1.29 is 4.79 Å². The standard InChI is InChI=1S/C12H14N4O/c1-16-8-10(7-14-16)9-3-2-4-11(5-9)15-12(17)6-13/h2-5,7-8H,6,13H2,1H3,(H,15,17). The third-order valence-electron chi connectivity index (χ3n) is 2.37. The maximum absolute atomic E-state index is 11.2. The lowest BCUT2D eigenvalue weighted by Crippen LogP contribution is -2.21. The average molecular weight is 230 g/mol. The van der Waals surface area contributed by atoms with Crippen LogP contribution in [0.3, 0.4) is 0 Å². The zero-order valence-corrected chi connectivity index (χ0v) is 9.55. The second-order valence-electron chi connectivity index (χ2n) is 3.74. The number of carbonyl (C=O) groups excluding carboxylic acids is 1. The Hall–Kier alpha value is -2.14. The van der Waals surface area contributed by atoms with Gasteiger partial charge >= 0.3 is 0 Å². The lowest BCUT2D eigenvalue weighted by molar-refractivity contribution is -0.114. The molecule has 2 rings (SSSR count). The minimum Gasteiger partial charge on any atom is -0.325 e. The molecular formula is C12H14N4O. The largest absolute Gasteiger partial charge is 0.325 e. The summed E-state index contributed by atoms with van der Waals surface area (Å²) in [4.78, 5) is 11.2. The molecule has 88 valence electrons. The Morgan fingerprint density at radius 2 is 2.29 bits per heavy atom. The van der Waals surface area contributed by atoms with E-state index in [0.717, 1.165) is 16.8 Å². The number of hydrogen-bond donors (Lipinski definition) is 2. The number of anilines is 1. The van der Waals surface area contributed by atoms with Gasteiger partial charge in [0.05, 0.1) is 12.7 Å². The highest BCUT2D eigenvalue weighted by Gasteiger charge is 2.03. The van der Waals surface area contributed by atoms with Gasteiger partial charge < -0.3 is 11.1 Å². The van der Waals surface area contributed by atoms with Gasteiger partial charge in [-0.3, -0.25) is 9.48 Å². The molecule has 0 fully saturated rings. The molecule has 0 bridgehead atoms. The smallest absolute Gasteiger partial charge is 0.238 e. The molecule has 0 aliphatic rings. The summed E-state index contributed by atoms with van der Waals surface area (Å²) in [6.45, 7) is -0.0167. The molecule has 1 heterocycles. The minimum absolute atomic E-state index is 0.0167. The van der Waals surface area contributed by atoms with Gasteiger partial charge in [-0.05, 0) is 17.7 Å². The van der Waals surface area contributed by atoms with Gasteiger partial charge in [0.1, 0.15) is 0 Å². The van der Waals surface area contributed by atoms with Crippen molar-refractivity contribution in [2.75, 3.05) is 11.9 Å². The fourth-order valence-corrected chi connectivity index (χ4v) is 1.56. The number of carbonyl (C=O) groups is 1. The van der Waals surface area contributed by atoms with Crippen LogP contribution in [0.5, 0.6) is 0 Å². The molecule has 0 radical (unpaired) electrons. The highest BCUT2D eigenvalue weighted by atomic mass is 16.1. The molecule has 17 heavy (non-hydrogen) atoms. The van der Waals surface area contributed by atoms with Crippen molar-refractivity contribution in [1.82, 2.24) is 9.78 Å². The molecule has 0 saturated carbocycles. The van der Waals surface area contributed by atoms with Gasteiger partial charge in [-0.25, -0.2) is 0 Å². The number of nitrogens with zero attached hydrogens (tertiary/aromatic N) is 2. The fraction of sp³-hybridized carbons (Fsp3) is 0.167. The quantitative estimate of drug-likeness (QED) is 0.825. The van der Waals surface area contributed by atoms with Gasteiger partial charge in [0, 0.05) is 24.5 Å². The van der Waals surface area contributed by atoms with E-state index in [0.29, 0.717) is 0 Å². The average Bonchev–Trinajstić information content (AvgIpc) is 2.76. The second-order valence-corrected chi connectivity index (χ2v) is 3.74. The molecule has 0 spiro atoms. The number of aryl methyl sites for hydroxylation is 1. The van der Waals surface area contributed by atoms with E-state index in [9.17, 15) is 4.79 Å². The summed E-state index contributed by atoms with van der Waals surface area (Å²) in [5.74, 6) is -0.201. The highest BCUT2D eigenvalue weighted by molar-refractivity contribution is 5.92. The Kier molecular flexibility index (Phi) is 3.20. The minimum atomic E-state index is -0.201. The third kappa shape index (κ3) is 2.70. The topological polar surface area (TPSA) is 72.9 Å². The van der Waals surface area contributed by atoms with Crippen molar-refractivity contribution >= 4 is 11.6 Å². The van der Waals surface area contributed by atoms with Crippen LogP contribution in [0.2, 0.25) is 0 Å². The Labute approximate surface area is 99.2 Å².